The Bertz CT molecular complexity index is 451. The fourth-order valence-electron chi connectivity index (χ4n) is 2.14. The highest BCUT2D eigenvalue weighted by atomic mass is 35.5. The molecular formula is C15H22ClFN2O. The molecule has 0 radical (unpaired) electrons. The predicted octanol–water partition coefficient (Wildman–Crippen LogP) is 3.82. The molecular weight excluding hydrogens is 279 g/mol. The first-order valence-electron chi connectivity index (χ1n) is 6.89. The van der Waals surface area contributed by atoms with Crippen LogP contribution in [0.15, 0.2) is 18.2 Å². The van der Waals surface area contributed by atoms with Crippen LogP contribution in [0.4, 0.5) is 10.1 Å². The molecule has 1 aromatic carbocycles. The molecule has 0 aromatic heterocycles. The average Bonchev–Trinajstić information content (AvgIpc) is 2.38. The van der Waals surface area contributed by atoms with Crippen LogP contribution in [0.25, 0.3) is 0 Å². The van der Waals surface area contributed by atoms with Crippen molar-refractivity contribution in [2.45, 2.75) is 33.1 Å². The Morgan fingerprint density at radius 3 is 2.65 bits per heavy atom. The number of nitrogens with two attached hydrogens (primary N) is 1. The lowest BCUT2D eigenvalue weighted by Crippen LogP contribution is -2.18. The predicted molar refractivity (Wildman–Crippen MR) is 81.3 cm³/mol. The Morgan fingerprint density at radius 1 is 1.40 bits per heavy atom. The highest BCUT2D eigenvalue weighted by Gasteiger charge is 2.14. The van der Waals surface area contributed by atoms with Crippen LogP contribution in [0.5, 0.6) is 0 Å². The first-order chi connectivity index (χ1) is 9.43. The van der Waals surface area contributed by atoms with E-state index < -0.39 is 5.82 Å². The maximum absolute atomic E-state index is 13.3. The molecule has 0 aliphatic heterocycles. The smallest absolute Gasteiger partial charge is 0.224 e. The molecule has 0 spiro atoms. The van der Waals surface area contributed by atoms with Gasteiger partial charge < -0.3 is 11.1 Å². The molecule has 1 rings (SSSR count). The number of benzene rings is 1. The van der Waals surface area contributed by atoms with Gasteiger partial charge in [-0.2, -0.15) is 0 Å². The number of carbonyl (C=O) groups is 1. The van der Waals surface area contributed by atoms with Crippen molar-refractivity contribution in [3.63, 3.8) is 0 Å². The number of rotatable bonds is 7. The summed E-state index contributed by atoms with van der Waals surface area (Å²) in [5, 5.41) is 2.72. The minimum absolute atomic E-state index is 0.0471. The highest BCUT2D eigenvalue weighted by molar-refractivity contribution is 6.30. The summed E-state index contributed by atoms with van der Waals surface area (Å²) in [6.07, 6.45) is 2.12. The minimum Gasteiger partial charge on any atom is -0.330 e. The first-order valence-corrected chi connectivity index (χ1v) is 7.26. The molecule has 1 unspecified atom stereocenters. The van der Waals surface area contributed by atoms with Crippen LogP contribution in [-0.2, 0) is 4.79 Å². The van der Waals surface area contributed by atoms with Crippen LogP contribution in [0.3, 0.4) is 0 Å². The zero-order valence-electron chi connectivity index (χ0n) is 12.0. The average molecular weight is 301 g/mol. The van der Waals surface area contributed by atoms with E-state index >= 15 is 0 Å². The monoisotopic (exact) mass is 300 g/mol. The number of carbonyl (C=O) groups excluding carboxylic acids is 1. The van der Waals surface area contributed by atoms with Crippen molar-refractivity contribution in [1.29, 1.82) is 0 Å². The number of amides is 1. The van der Waals surface area contributed by atoms with E-state index in [1.54, 1.807) is 6.07 Å². The molecule has 20 heavy (non-hydrogen) atoms. The van der Waals surface area contributed by atoms with Crippen LogP contribution in [0.2, 0.25) is 5.02 Å². The van der Waals surface area contributed by atoms with Crippen LogP contribution >= 0.6 is 11.6 Å². The van der Waals surface area contributed by atoms with E-state index in [9.17, 15) is 9.18 Å². The molecule has 3 nitrogen and oxygen atoms in total. The van der Waals surface area contributed by atoms with Crippen LogP contribution in [0.1, 0.15) is 33.1 Å². The second-order valence-corrected chi connectivity index (χ2v) is 5.70. The van der Waals surface area contributed by atoms with E-state index in [-0.39, 0.29) is 10.9 Å². The molecule has 0 fully saturated rings. The van der Waals surface area contributed by atoms with E-state index in [0.29, 0.717) is 30.5 Å². The van der Waals surface area contributed by atoms with Crippen molar-refractivity contribution >= 4 is 23.2 Å². The SMILES string of the molecule is CC(C)C(CCN)CCC(=O)Nc1ccc(Cl)c(F)c1. The summed E-state index contributed by atoms with van der Waals surface area (Å²) in [4.78, 5) is 11.8. The van der Waals surface area contributed by atoms with E-state index in [0.717, 1.165) is 12.8 Å². The number of hydrogen-bond acceptors (Lipinski definition) is 2. The summed E-state index contributed by atoms with van der Waals surface area (Å²) in [6, 6.07) is 4.24. The van der Waals surface area contributed by atoms with Gasteiger partial charge in [0.15, 0.2) is 0 Å². The number of hydrogen-bond donors (Lipinski definition) is 2. The molecule has 0 aliphatic rings. The molecule has 0 saturated carbocycles. The maximum atomic E-state index is 13.3. The van der Waals surface area contributed by atoms with E-state index in [4.69, 9.17) is 17.3 Å². The van der Waals surface area contributed by atoms with Crippen molar-refractivity contribution in [2.75, 3.05) is 11.9 Å². The summed E-state index contributed by atoms with van der Waals surface area (Å²) >= 11 is 5.59. The zero-order chi connectivity index (χ0) is 15.1. The van der Waals surface area contributed by atoms with Gasteiger partial charge in [-0.15, -0.1) is 0 Å². The Hall–Kier alpha value is -1.13. The number of nitrogens with one attached hydrogen (secondary N) is 1. The molecule has 112 valence electrons. The van der Waals surface area contributed by atoms with Crippen molar-refractivity contribution in [2.24, 2.45) is 17.6 Å². The molecule has 0 saturated heterocycles. The summed E-state index contributed by atoms with van der Waals surface area (Å²) in [5.74, 6) is 0.286. The third-order valence-electron chi connectivity index (χ3n) is 3.43. The zero-order valence-corrected chi connectivity index (χ0v) is 12.7. The molecule has 1 atom stereocenters. The van der Waals surface area contributed by atoms with Crippen LogP contribution in [0, 0.1) is 17.7 Å². The molecule has 0 aliphatic carbocycles. The second-order valence-electron chi connectivity index (χ2n) is 5.30. The largest absolute Gasteiger partial charge is 0.330 e. The van der Waals surface area contributed by atoms with Crippen molar-refractivity contribution in [3.05, 3.63) is 29.0 Å². The fourth-order valence-corrected chi connectivity index (χ4v) is 2.26. The molecule has 1 aromatic rings. The first kappa shape index (κ1) is 16.9. The third kappa shape index (κ3) is 5.47. The normalized spacial score (nSPS) is 12.5. The van der Waals surface area contributed by atoms with Gasteiger partial charge in [-0.3, -0.25) is 4.79 Å². The van der Waals surface area contributed by atoms with Crippen molar-refractivity contribution in [3.8, 4) is 0 Å². The summed E-state index contributed by atoms with van der Waals surface area (Å²) in [6.45, 7) is 4.90. The summed E-state index contributed by atoms with van der Waals surface area (Å²) in [5.41, 5.74) is 6.00. The van der Waals surface area contributed by atoms with E-state index in [1.807, 2.05) is 0 Å². The molecule has 5 heteroatoms. The van der Waals surface area contributed by atoms with Gasteiger partial charge in [-0.05, 0) is 49.4 Å². The van der Waals surface area contributed by atoms with Crippen molar-refractivity contribution < 1.29 is 9.18 Å². The van der Waals surface area contributed by atoms with Gasteiger partial charge in [0.25, 0.3) is 0 Å². The lowest BCUT2D eigenvalue weighted by Gasteiger charge is -2.19. The number of anilines is 1. The lowest BCUT2D eigenvalue weighted by molar-refractivity contribution is -0.116. The van der Waals surface area contributed by atoms with Gasteiger partial charge in [-0.1, -0.05) is 25.4 Å². The lowest BCUT2D eigenvalue weighted by atomic mass is 9.88. The Kier molecular flexibility index (Phi) is 6.96. The van der Waals surface area contributed by atoms with Gasteiger partial charge in [0.05, 0.1) is 5.02 Å². The summed E-state index contributed by atoms with van der Waals surface area (Å²) in [7, 11) is 0. The minimum atomic E-state index is -0.535. The Balaban J connectivity index is 2.48. The Morgan fingerprint density at radius 2 is 2.10 bits per heavy atom. The second kappa shape index (κ2) is 8.22. The quantitative estimate of drug-likeness (QED) is 0.804. The molecule has 0 bridgehead atoms. The molecule has 1 amide bonds. The van der Waals surface area contributed by atoms with Crippen LogP contribution in [-0.4, -0.2) is 12.5 Å². The molecule has 0 heterocycles. The summed E-state index contributed by atoms with van der Waals surface area (Å²) < 4.78 is 13.3. The Labute approximate surface area is 124 Å². The fraction of sp³-hybridized carbons (Fsp3) is 0.533. The van der Waals surface area contributed by atoms with Crippen molar-refractivity contribution in [1.82, 2.24) is 0 Å². The van der Waals surface area contributed by atoms with E-state index in [2.05, 4.69) is 19.2 Å². The van der Waals surface area contributed by atoms with Gasteiger partial charge in [0.2, 0.25) is 5.91 Å². The van der Waals surface area contributed by atoms with Gasteiger partial charge in [0.1, 0.15) is 5.82 Å². The van der Waals surface area contributed by atoms with Gasteiger partial charge >= 0.3 is 0 Å². The van der Waals surface area contributed by atoms with Gasteiger partial charge in [-0.25, -0.2) is 4.39 Å². The number of halogens is 2. The van der Waals surface area contributed by atoms with E-state index in [1.165, 1.54) is 12.1 Å². The third-order valence-corrected chi connectivity index (χ3v) is 3.73. The topological polar surface area (TPSA) is 55.1 Å². The van der Waals surface area contributed by atoms with Gasteiger partial charge in [0, 0.05) is 12.1 Å². The standard InChI is InChI=1S/C15H22ClFN2O/c1-10(2)11(7-8-18)3-6-15(20)19-12-4-5-13(16)14(17)9-12/h4-5,9-11H,3,6-8,18H2,1-2H3,(H,19,20). The molecule has 3 N–H and O–H groups in total. The maximum Gasteiger partial charge on any atom is 0.224 e. The van der Waals surface area contributed by atoms with Crippen LogP contribution < -0.4 is 11.1 Å². The highest BCUT2D eigenvalue weighted by Crippen LogP contribution is 2.22.